The predicted molar refractivity (Wildman–Crippen MR) is 133 cm³/mol. The van der Waals surface area contributed by atoms with Crippen LogP contribution in [0.15, 0.2) is 12.2 Å². The van der Waals surface area contributed by atoms with Crippen molar-refractivity contribution in [2.75, 3.05) is 18.9 Å². The average molecular weight is 475 g/mol. The Bertz CT molecular complexity index is 505. The standard InChI is InChI=1S/C24H46N2O5S/c1-2-3-4-5-6-7-8-9-10-11-12-13-16-22(21(28)15-14-17-27)32-19-20(25)24(31)26-18-23(29)30/h13,16,20-22,27-28H,2-12,14-15,17-19,25H2,1H3,(H,26,31)(H,29,30)/b16-13-/t20-,21+,22-/m0/s1. The van der Waals surface area contributed by atoms with E-state index in [1.54, 1.807) is 0 Å². The summed E-state index contributed by atoms with van der Waals surface area (Å²) in [5, 5.41) is 30.2. The van der Waals surface area contributed by atoms with E-state index in [9.17, 15) is 14.7 Å². The summed E-state index contributed by atoms with van der Waals surface area (Å²) < 4.78 is 0. The lowest BCUT2D eigenvalue weighted by molar-refractivity contribution is -0.138. The molecule has 0 heterocycles. The zero-order chi connectivity index (χ0) is 24.0. The van der Waals surface area contributed by atoms with E-state index in [4.69, 9.17) is 15.9 Å². The summed E-state index contributed by atoms with van der Waals surface area (Å²) >= 11 is 1.38. The minimum atomic E-state index is -1.12. The van der Waals surface area contributed by atoms with E-state index in [1.807, 2.05) is 6.08 Å². The van der Waals surface area contributed by atoms with Crippen LogP contribution in [0.2, 0.25) is 0 Å². The molecule has 0 spiro atoms. The van der Waals surface area contributed by atoms with Gasteiger partial charge in [0.25, 0.3) is 0 Å². The van der Waals surface area contributed by atoms with Crippen LogP contribution in [-0.4, -0.2) is 63.5 Å². The Balaban J connectivity index is 4.21. The Morgan fingerprint density at radius 2 is 1.59 bits per heavy atom. The SMILES string of the molecule is CCCCCCCCCCCC/C=C\[C@H](SC[C@H](N)C(=O)NCC(=O)O)[C@H](O)CCCO. The number of allylic oxidation sites excluding steroid dienone is 1. The molecular formula is C24H46N2O5S. The zero-order valence-electron chi connectivity index (χ0n) is 19.8. The number of hydrogen-bond donors (Lipinski definition) is 5. The van der Waals surface area contributed by atoms with Gasteiger partial charge in [-0.3, -0.25) is 9.59 Å². The number of thioether (sulfide) groups is 1. The van der Waals surface area contributed by atoms with Crippen molar-refractivity contribution < 1.29 is 24.9 Å². The van der Waals surface area contributed by atoms with Gasteiger partial charge in [0.2, 0.25) is 5.91 Å². The van der Waals surface area contributed by atoms with Gasteiger partial charge in [-0.05, 0) is 25.7 Å². The van der Waals surface area contributed by atoms with Crippen LogP contribution >= 0.6 is 11.8 Å². The normalized spacial score (nSPS) is 14.4. The number of hydrogen-bond acceptors (Lipinski definition) is 6. The molecule has 0 saturated heterocycles. The fourth-order valence-electron chi connectivity index (χ4n) is 3.32. The molecule has 0 bridgehead atoms. The van der Waals surface area contributed by atoms with Crippen molar-refractivity contribution in [3.05, 3.63) is 12.2 Å². The second-order valence-corrected chi connectivity index (χ2v) is 9.56. The molecule has 188 valence electrons. The molecule has 0 aliphatic rings. The number of carbonyl (C=O) groups is 2. The van der Waals surface area contributed by atoms with Gasteiger partial charge < -0.3 is 26.4 Å². The Morgan fingerprint density at radius 3 is 2.16 bits per heavy atom. The number of nitrogens with one attached hydrogen (secondary N) is 1. The number of carbonyl (C=O) groups excluding carboxylic acids is 1. The van der Waals surface area contributed by atoms with E-state index in [2.05, 4.69) is 18.3 Å². The number of carboxylic acid groups (broad SMARTS) is 1. The van der Waals surface area contributed by atoms with Crippen LogP contribution < -0.4 is 11.1 Å². The molecule has 0 unspecified atom stereocenters. The topological polar surface area (TPSA) is 133 Å². The fraction of sp³-hybridized carbons (Fsp3) is 0.833. The predicted octanol–water partition coefficient (Wildman–Crippen LogP) is 3.62. The van der Waals surface area contributed by atoms with Crippen LogP contribution in [0.1, 0.15) is 90.4 Å². The van der Waals surface area contributed by atoms with Crippen LogP contribution in [0.5, 0.6) is 0 Å². The molecule has 0 aromatic carbocycles. The van der Waals surface area contributed by atoms with Crippen LogP contribution in [0.4, 0.5) is 0 Å². The highest BCUT2D eigenvalue weighted by molar-refractivity contribution is 8.00. The Hall–Kier alpha value is -1.09. The van der Waals surface area contributed by atoms with Gasteiger partial charge in [-0.15, -0.1) is 11.8 Å². The molecule has 0 rings (SSSR count). The molecule has 6 N–H and O–H groups in total. The number of aliphatic hydroxyl groups is 2. The van der Waals surface area contributed by atoms with E-state index in [0.717, 1.165) is 12.8 Å². The number of aliphatic carboxylic acids is 1. The molecular weight excluding hydrogens is 428 g/mol. The van der Waals surface area contributed by atoms with Gasteiger partial charge >= 0.3 is 5.97 Å². The third kappa shape index (κ3) is 18.5. The monoisotopic (exact) mass is 474 g/mol. The minimum Gasteiger partial charge on any atom is -0.480 e. The van der Waals surface area contributed by atoms with Crippen LogP contribution in [0.25, 0.3) is 0 Å². The Labute approximate surface area is 198 Å². The third-order valence-corrected chi connectivity index (χ3v) is 6.71. The highest BCUT2D eigenvalue weighted by Gasteiger charge is 2.21. The molecule has 0 fully saturated rings. The van der Waals surface area contributed by atoms with Crippen molar-refractivity contribution in [1.29, 1.82) is 0 Å². The molecule has 7 nitrogen and oxygen atoms in total. The van der Waals surface area contributed by atoms with Gasteiger partial charge in [-0.25, -0.2) is 0 Å². The Morgan fingerprint density at radius 1 is 1.00 bits per heavy atom. The summed E-state index contributed by atoms with van der Waals surface area (Å²) in [6.45, 7) is 1.80. The number of rotatable bonds is 22. The average Bonchev–Trinajstić information content (AvgIpc) is 2.78. The first kappa shape index (κ1) is 30.9. The van der Waals surface area contributed by atoms with Crippen molar-refractivity contribution in [2.24, 2.45) is 5.73 Å². The van der Waals surface area contributed by atoms with Gasteiger partial charge in [0.1, 0.15) is 6.54 Å². The molecule has 0 saturated carbocycles. The first-order valence-corrected chi connectivity index (χ1v) is 13.3. The highest BCUT2D eigenvalue weighted by Crippen LogP contribution is 2.21. The second-order valence-electron chi connectivity index (χ2n) is 8.35. The maximum absolute atomic E-state index is 11.8. The Kier molecular flexibility index (Phi) is 21.0. The van der Waals surface area contributed by atoms with E-state index >= 15 is 0 Å². The summed E-state index contributed by atoms with van der Waals surface area (Å²) in [4.78, 5) is 22.4. The number of nitrogens with two attached hydrogens (primary N) is 1. The summed E-state index contributed by atoms with van der Waals surface area (Å²) in [6, 6.07) is -0.845. The molecule has 32 heavy (non-hydrogen) atoms. The van der Waals surface area contributed by atoms with Crippen molar-refractivity contribution in [3.63, 3.8) is 0 Å². The number of unbranched alkanes of at least 4 members (excludes halogenated alkanes) is 10. The van der Waals surface area contributed by atoms with Crippen molar-refractivity contribution >= 4 is 23.6 Å². The number of aliphatic hydroxyl groups excluding tert-OH is 2. The molecule has 0 radical (unpaired) electrons. The maximum atomic E-state index is 11.8. The number of carboxylic acids is 1. The quantitative estimate of drug-likeness (QED) is 0.120. The molecule has 0 aromatic rings. The first-order valence-electron chi connectivity index (χ1n) is 12.2. The molecule has 3 atom stereocenters. The van der Waals surface area contributed by atoms with E-state index in [-0.39, 0.29) is 17.6 Å². The lowest BCUT2D eigenvalue weighted by Crippen LogP contribution is -2.44. The van der Waals surface area contributed by atoms with E-state index < -0.39 is 30.6 Å². The zero-order valence-corrected chi connectivity index (χ0v) is 20.7. The first-order chi connectivity index (χ1) is 15.4. The highest BCUT2D eigenvalue weighted by atomic mass is 32.2. The van der Waals surface area contributed by atoms with Gasteiger partial charge in [-0.1, -0.05) is 76.9 Å². The second kappa shape index (κ2) is 21.7. The van der Waals surface area contributed by atoms with E-state index in [0.29, 0.717) is 12.8 Å². The van der Waals surface area contributed by atoms with Gasteiger partial charge in [-0.2, -0.15) is 0 Å². The van der Waals surface area contributed by atoms with Crippen molar-refractivity contribution in [1.82, 2.24) is 5.32 Å². The maximum Gasteiger partial charge on any atom is 0.322 e. The van der Waals surface area contributed by atoms with Gasteiger partial charge in [0, 0.05) is 17.6 Å². The van der Waals surface area contributed by atoms with Crippen molar-refractivity contribution in [2.45, 2.75) is 108 Å². The third-order valence-electron chi connectivity index (χ3n) is 5.31. The molecule has 0 aliphatic carbocycles. The smallest absolute Gasteiger partial charge is 0.322 e. The van der Waals surface area contributed by atoms with Crippen LogP contribution in [0.3, 0.4) is 0 Å². The van der Waals surface area contributed by atoms with E-state index in [1.165, 1.54) is 69.5 Å². The minimum absolute atomic E-state index is 0.0217. The van der Waals surface area contributed by atoms with Crippen molar-refractivity contribution in [3.8, 4) is 0 Å². The lowest BCUT2D eigenvalue weighted by Gasteiger charge is -2.21. The largest absolute Gasteiger partial charge is 0.480 e. The summed E-state index contributed by atoms with van der Waals surface area (Å²) in [5.41, 5.74) is 5.85. The summed E-state index contributed by atoms with van der Waals surface area (Å²) in [7, 11) is 0. The summed E-state index contributed by atoms with van der Waals surface area (Å²) in [6.07, 6.45) is 18.3. The van der Waals surface area contributed by atoms with Crippen LogP contribution in [0, 0.1) is 0 Å². The lowest BCUT2D eigenvalue weighted by atomic mass is 10.1. The molecule has 0 aromatic heterocycles. The van der Waals surface area contributed by atoms with Crippen LogP contribution in [-0.2, 0) is 9.59 Å². The number of amides is 1. The molecule has 0 aliphatic heterocycles. The summed E-state index contributed by atoms with van der Waals surface area (Å²) in [5.74, 6) is -1.36. The van der Waals surface area contributed by atoms with Gasteiger partial charge in [0.15, 0.2) is 0 Å². The fourth-order valence-corrected chi connectivity index (χ4v) is 4.49. The molecule has 8 heteroatoms. The molecule has 1 amide bonds. The van der Waals surface area contributed by atoms with Gasteiger partial charge in [0.05, 0.1) is 12.1 Å².